The number of aromatic nitrogens is 2. The summed E-state index contributed by atoms with van der Waals surface area (Å²) in [5, 5.41) is 14.2. The molecule has 0 unspecified atom stereocenters. The summed E-state index contributed by atoms with van der Waals surface area (Å²) in [4.78, 5) is 15.5. The molecule has 1 aromatic heterocycles. The number of thioether (sulfide) groups is 1. The fourth-order valence-electron chi connectivity index (χ4n) is 4.16. The molecule has 0 atom stereocenters. The van der Waals surface area contributed by atoms with Gasteiger partial charge in [0.05, 0.1) is 24.6 Å². The van der Waals surface area contributed by atoms with Crippen LogP contribution < -0.4 is 0 Å². The predicted molar refractivity (Wildman–Crippen MR) is 116 cm³/mol. The highest BCUT2D eigenvalue weighted by atomic mass is 32.2. The molecule has 154 valence electrons. The number of ether oxygens (including phenoxy) is 1. The summed E-state index contributed by atoms with van der Waals surface area (Å²) >= 11 is 1.69. The van der Waals surface area contributed by atoms with Crippen LogP contribution in [0.25, 0.3) is 16.9 Å². The second-order valence-corrected chi connectivity index (χ2v) is 8.67. The smallest absolute Gasteiger partial charge is 0.356 e. The SMILES string of the molecule is Cc1cccc2c1SCc1c(C(=O)O)nn(-c3ccc(CN4CCOCC4)cc3)c1-2. The van der Waals surface area contributed by atoms with Gasteiger partial charge in [-0.3, -0.25) is 4.90 Å². The molecule has 1 fully saturated rings. The number of fused-ring (bicyclic) bond motifs is 3. The molecule has 0 aliphatic carbocycles. The van der Waals surface area contributed by atoms with Crippen molar-refractivity contribution in [2.45, 2.75) is 24.1 Å². The average Bonchev–Trinajstić information content (AvgIpc) is 3.16. The maximum absolute atomic E-state index is 11.9. The summed E-state index contributed by atoms with van der Waals surface area (Å²) in [6.45, 7) is 6.45. The van der Waals surface area contributed by atoms with E-state index in [-0.39, 0.29) is 5.69 Å². The highest BCUT2D eigenvalue weighted by Gasteiger charge is 2.29. The molecule has 0 radical (unpaired) electrons. The number of benzene rings is 2. The molecule has 1 N–H and O–H groups in total. The van der Waals surface area contributed by atoms with Gasteiger partial charge in [-0.15, -0.1) is 11.8 Å². The first-order chi connectivity index (χ1) is 14.6. The number of hydrogen-bond acceptors (Lipinski definition) is 5. The lowest BCUT2D eigenvalue weighted by Crippen LogP contribution is -2.35. The van der Waals surface area contributed by atoms with E-state index in [4.69, 9.17) is 4.74 Å². The minimum absolute atomic E-state index is 0.141. The zero-order valence-electron chi connectivity index (χ0n) is 16.8. The highest BCUT2D eigenvalue weighted by Crippen LogP contribution is 2.45. The fourth-order valence-corrected chi connectivity index (χ4v) is 5.34. The van der Waals surface area contributed by atoms with Crippen LogP contribution in [-0.2, 0) is 17.0 Å². The Morgan fingerprint density at radius 3 is 2.67 bits per heavy atom. The summed E-state index contributed by atoms with van der Waals surface area (Å²) in [5.41, 5.74) is 6.19. The average molecular weight is 422 g/mol. The number of hydrogen-bond donors (Lipinski definition) is 1. The van der Waals surface area contributed by atoms with Gasteiger partial charge >= 0.3 is 5.97 Å². The van der Waals surface area contributed by atoms with Crippen LogP contribution in [0.4, 0.5) is 0 Å². The minimum Gasteiger partial charge on any atom is -0.476 e. The number of aryl methyl sites for hydroxylation is 1. The van der Waals surface area contributed by atoms with Crippen molar-refractivity contribution in [2.75, 3.05) is 26.3 Å². The predicted octanol–water partition coefficient (Wildman–Crippen LogP) is 3.98. The number of nitrogens with zero attached hydrogens (tertiary/aromatic N) is 3. The largest absolute Gasteiger partial charge is 0.476 e. The molecule has 5 rings (SSSR count). The molecule has 0 bridgehead atoms. The number of carboxylic acids is 1. The van der Waals surface area contributed by atoms with Gasteiger partial charge in [0.2, 0.25) is 0 Å². The fraction of sp³-hybridized carbons (Fsp3) is 0.304. The van der Waals surface area contributed by atoms with Crippen LogP contribution in [-0.4, -0.2) is 52.1 Å². The zero-order chi connectivity index (χ0) is 20.7. The molecule has 3 aromatic rings. The molecule has 7 heteroatoms. The van der Waals surface area contributed by atoms with Gasteiger partial charge in [-0.2, -0.15) is 5.10 Å². The van der Waals surface area contributed by atoms with E-state index in [2.05, 4.69) is 41.2 Å². The number of morpholine rings is 1. The quantitative estimate of drug-likeness (QED) is 0.687. The maximum atomic E-state index is 11.9. The van der Waals surface area contributed by atoms with Crippen molar-refractivity contribution in [3.8, 4) is 16.9 Å². The van der Waals surface area contributed by atoms with Gasteiger partial charge in [0, 0.05) is 41.4 Å². The summed E-state index contributed by atoms with van der Waals surface area (Å²) in [7, 11) is 0. The van der Waals surface area contributed by atoms with Crippen molar-refractivity contribution in [2.24, 2.45) is 0 Å². The van der Waals surface area contributed by atoms with E-state index in [9.17, 15) is 9.90 Å². The molecule has 0 amide bonds. The van der Waals surface area contributed by atoms with Crippen LogP contribution in [0.5, 0.6) is 0 Å². The van der Waals surface area contributed by atoms with E-state index < -0.39 is 5.97 Å². The van der Waals surface area contributed by atoms with Crippen molar-refractivity contribution in [3.05, 3.63) is 64.8 Å². The molecular formula is C23H23N3O3S. The van der Waals surface area contributed by atoms with Gasteiger partial charge in [0.1, 0.15) is 0 Å². The topological polar surface area (TPSA) is 67.6 Å². The van der Waals surface area contributed by atoms with E-state index in [1.54, 1.807) is 16.4 Å². The molecule has 1 saturated heterocycles. The molecule has 0 saturated carbocycles. The Hall–Kier alpha value is -2.61. The van der Waals surface area contributed by atoms with Crippen molar-refractivity contribution in [1.82, 2.24) is 14.7 Å². The standard InChI is InChI=1S/C23H23N3O3S/c1-15-3-2-4-18-21-19(14-30-22(15)18)20(23(27)28)24-26(21)17-7-5-16(6-8-17)13-25-9-11-29-12-10-25/h2-8H,9-14H2,1H3,(H,27,28). The molecule has 3 heterocycles. The lowest BCUT2D eigenvalue weighted by Gasteiger charge is -2.26. The normalized spacial score (nSPS) is 16.2. The Bertz CT molecular complexity index is 1100. The first-order valence-electron chi connectivity index (χ1n) is 10.1. The maximum Gasteiger partial charge on any atom is 0.356 e. The van der Waals surface area contributed by atoms with Gasteiger partial charge in [-0.25, -0.2) is 9.48 Å². The van der Waals surface area contributed by atoms with Crippen molar-refractivity contribution < 1.29 is 14.6 Å². The molecular weight excluding hydrogens is 398 g/mol. The third-order valence-electron chi connectivity index (χ3n) is 5.70. The molecule has 6 nitrogen and oxygen atoms in total. The van der Waals surface area contributed by atoms with E-state index in [0.717, 1.165) is 55.4 Å². The van der Waals surface area contributed by atoms with Gasteiger partial charge in [0.25, 0.3) is 0 Å². The number of carbonyl (C=O) groups is 1. The van der Waals surface area contributed by atoms with Crippen LogP contribution in [0.1, 0.15) is 27.2 Å². The minimum atomic E-state index is -0.981. The number of rotatable bonds is 4. The summed E-state index contributed by atoms with van der Waals surface area (Å²) in [6.07, 6.45) is 0. The third-order valence-corrected chi connectivity index (χ3v) is 6.97. The van der Waals surface area contributed by atoms with Gasteiger partial charge in [-0.05, 0) is 30.2 Å². The van der Waals surface area contributed by atoms with Crippen molar-refractivity contribution in [1.29, 1.82) is 0 Å². The first kappa shape index (κ1) is 19.4. The Morgan fingerprint density at radius 2 is 1.93 bits per heavy atom. The van der Waals surface area contributed by atoms with Crippen LogP contribution in [0.2, 0.25) is 0 Å². The van der Waals surface area contributed by atoms with Gasteiger partial charge in [-0.1, -0.05) is 30.3 Å². The Morgan fingerprint density at radius 1 is 1.17 bits per heavy atom. The molecule has 2 aliphatic heterocycles. The van der Waals surface area contributed by atoms with Crippen LogP contribution in [0.3, 0.4) is 0 Å². The number of carboxylic acid groups (broad SMARTS) is 1. The van der Waals surface area contributed by atoms with Gasteiger partial charge in [0.15, 0.2) is 5.69 Å². The van der Waals surface area contributed by atoms with Crippen LogP contribution >= 0.6 is 11.8 Å². The van der Waals surface area contributed by atoms with Gasteiger partial charge < -0.3 is 9.84 Å². The van der Waals surface area contributed by atoms with E-state index in [1.807, 2.05) is 18.2 Å². The Balaban J connectivity index is 1.54. The molecule has 30 heavy (non-hydrogen) atoms. The van der Waals surface area contributed by atoms with Crippen LogP contribution in [0.15, 0.2) is 47.4 Å². The second kappa shape index (κ2) is 7.91. The molecule has 0 spiro atoms. The highest BCUT2D eigenvalue weighted by molar-refractivity contribution is 7.98. The summed E-state index contributed by atoms with van der Waals surface area (Å²) in [6, 6.07) is 14.5. The lowest BCUT2D eigenvalue weighted by atomic mass is 10.0. The van der Waals surface area contributed by atoms with E-state index >= 15 is 0 Å². The van der Waals surface area contributed by atoms with E-state index in [1.165, 1.54) is 16.0 Å². The summed E-state index contributed by atoms with van der Waals surface area (Å²) < 4.78 is 7.22. The molecule has 2 aromatic carbocycles. The third kappa shape index (κ3) is 3.43. The monoisotopic (exact) mass is 421 g/mol. The first-order valence-corrected chi connectivity index (χ1v) is 11.1. The number of aromatic carboxylic acids is 1. The van der Waals surface area contributed by atoms with Crippen LogP contribution in [0, 0.1) is 6.92 Å². The Labute approximate surface area is 179 Å². The van der Waals surface area contributed by atoms with E-state index in [0.29, 0.717) is 5.75 Å². The zero-order valence-corrected chi connectivity index (χ0v) is 17.6. The second-order valence-electron chi connectivity index (χ2n) is 7.69. The lowest BCUT2D eigenvalue weighted by molar-refractivity contribution is 0.0342. The van der Waals surface area contributed by atoms with Crippen molar-refractivity contribution >= 4 is 17.7 Å². The molecule has 2 aliphatic rings. The summed E-state index contributed by atoms with van der Waals surface area (Å²) in [5.74, 6) is -0.366. The Kier molecular flexibility index (Phi) is 5.10. The van der Waals surface area contributed by atoms with Crippen molar-refractivity contribution in [3.63, 3.8) is 0 Å².